The van der Waals surface area contributed by atoms with Crippen LogP contribution in [0.25, 0.3) is 10.1 Å². The normalized spacial score (nSPS) is 12.5. The lowest BCUT2D eigenvalue weighted by molar-refractivity contribution is 0.414. The number of benzene rings is 2. The molecule has 0 saturated carbocycles. The highest BCUT2D eigenvalue weighted by molar-refractivity contribution is 7.17. The molecule has 1 atom stereocenters. The Bertz CT molecular complexity index is 706. The van der Waals surface area contributed by atoms with Crippen LogP contribution in [-0.4, -0.2) is 7.11 Å². The molecule has 0 fully saturated rings. The fourth-order valence-corrected chi connectivity index (χ4v) is 3.37. The number of fused-ring (bicyclic) bond motifs is 1. The summed E-state index contributed by atoms with van der Waals surface area (Å²) in [6, 6.07) is 16.3. The van der Waals surface area contributed by atoms with E-state index in [4.69, 9.17) is 10.6 Å². The molecule has 0 bridgehead atoms. The van der Waals surface area contributed by atoms with Crippen molar-refractivity contribution in [2.24, 2.45) is 5.84 Å². The van der Waals surface area contributed by atoms with Crippen molar-refractivity contribution in [1.29, 1.82) is 0 Å². The zero-order valence-corrected chi connectivity index (χ0v) is 12.0. The second-order valence-electron chi connectivity index (χ2n) is 4.56. The third kappa shape index (κ3) is 2.29. The highest BCUT2D eigenvalue weighted by atomic mass is 32.1. The minimum atomic E-state index is -0.0166. The molecule has 0 amide bonds. The summed E-state index contributed by atoms with van der Waals surface area (Å²) in [5, 5.41) is 3.41. The Kier molecular flexibility index (Phi) is 3.69. The fourth-order valence-electron chi connectivity index (χ4n) is 2.38. The van der Waals surface area contributed by atoms with Crippen molar-refractivity contribution >= 4 is 21.4 Å². The van der Waals surface area contributed by atoms with Crippen molar-refractivity contribution in [2.45, 2.75) is 6.04 Å². The van der Waals surface area contributed by atoms with Crippen LogP contribution in [0.4, 0.5) is 0 Å². The molecule has 0 radical (unpaired) electrons. The standard InChI is InChI=1S/C16H16N2OS/c1-19-12-8-6-11(7-9-12)16(18-17)14-10-20-15-5-3-2-4-13(14)15/h2-10,16,18H,17H2,1H3. The Labute approximate surface area is 122 Å². The minimum absolute atomic E-state index is 0.0166. The van der Waals surface area contributed by atoms with E-state index in [1.54, 1.807) is 18.4 Å². The van der Waals surface area contributed by atoms with E-state index in [2.05, 4.69) is 35.1 Å². The highest BCUT2D eigenvalue weighted by Gasteiger charge is 2.16. The van der Waals surface area contributed by atoms with Gasteiger partial charge in [0.25, 0.3) is 0 Å². The van der Waals surface area contributed by atoms with Gasteiger partial charge < -0.3 is 4.74 Å². The fraction of sp³-hybridized carbons (Fsp3) is 0.125. The predicted octanol–water partition coefficient (Wildman–Crippen LogP) is 3.46. The number of rotatable bonds is 4. The van der Waals surface area contributed by atoms with Gasteiger partial charge >= 0.3 is 0 Å². The molecule has 3 aromatic rings. The number of hydrogen-bond donors (Lipinski definition) is 2. The smallest absolute Gasteiger partial charge is 0.118 e. The highest BCUT2D eigenvalue weighted by Crippen LogP contribution is 2.33. The molecule has 20 heavy (non-hydrogen) atoms. The maximum Gasteiger partial charge on any atom is 0.118 e. The molecule has 1 heterocycles. The van der Waals surface area contributed by atoms with Gasteiger partial charge in [-0.15, -0.1) is 11.3 Å². The van der Waals surface area contributed by atoms with E-state index >= 15 is 0 Å². The Hall–Kier alpha value is -1.88. The van der Waals surface area contributed by atoms with Gasteiger partial charge in [-0.2, -0.15) is 0 Å². The van der Waals surface area contributed by atoms with Gasteiger partial charge in [-0.05, 0) is 40.1 Å². The first-order chi connectivity index (χ1) is 9.83. The van der Waals surface area contributed by atoms with Gasteiger partial charge in [-0.1, -0.05) is 30.3 Å². The average molecular weight is 284 g/mol. The third-order valence-corrected chi connectivity index (χ3v) is 4.42. The Morgan fingerprint density at radius 1 is 1.10 bits per heavy atom. The Morgan fingerprint density at radius 2 is 1.85 bits per heavy atom. The molecule has 0 aliphatic rings. The van der Waals surface area contributed by atoms with E-state index in [1.165, 1.54) is 15.6 Å². The maximum atomic E-state index is 5.78. The number of nitrogens with two attached hydrogens (primary N) is 1. The van der Waals surface area contributed by atoms with E-state index in [-0.39, 0.29) is 6.04 Å². The van der Waals surface area contributed by atoms with Crippen LogP contribution < -0.4 is 16.0 Å². The first-order valence-corrected chi connectivity index (χ1v) is 7.27. The van der Waals surface area contributed by atoms with Crippen LogP contribution >= 0.6 is 11.3 Å². The number of hydrazine groups is 1. The molecule has 0 aliphatic heterocycles. The van der Waals surface area contributed by atoms with Crippen molar-refractivity contribution < 1.29 is 4.74 Å². The van der Waals surface area contributed by atoms with Crippen molar-refractivity contribution in [3.8, 4) is 5.75 Å². The topological polar surface area (TPSA) is 47.3 Å². The molecule has 0 saturated heterocycles. The lowest BCUT2D eigenvalue weighted by atomic mass is 9.99. The summed E-state index contributed by atoms with van der Waals surface area (Å²) >= 11 is 1.74. The summed E-state index contributed by atoms with van der Waals surface area (Å²) < 4.78 is 6.47. The lowest BCUT2D eigenvalue weighted by Gasteiger charge is -2.16. The number of thiophene rings is 1. The maximum absolute atomic E-state index is 5.78. The number of methoxy groups -OCH3 is 1. The number of hydrogen-bond acceptors (Lipinski definition) is 4. The molecule has 2 aromatic carbocycles. The summed E-state index contributed by atoms with van der Waals surface area (Å²) in [7, 11) is 1.67. The van der Waals surface area contributed by atoms with Gasteiger partial charge in [0, 0.05) is 4.70 Å². The lowest BCUT2D eigenvalue weighted by Crippen LogP contribution is -2.28. The monoisotopic (exact) mass is 284 g/mol. The summed E-state index contributed by atoms with van der Waals surface area (Å²) in [4.78, 5) is 0. The van der Waals surface area contributed by atoms with Crippen molar-refractivity contribution in [3.63, 3.8) is 0 Å². The summed E-state index contributed by atoms with van der Waals surface area (Å²) in [6.45, 7) is 0. The SMILES string of the molecule is COc1ccc(C(NN)c2csc3ccccc23)cc1. The molecule has 3 rings (SSSR count). The third-order valence-electron chi connectivity index (χ3n) is 3.44. The van der Waals surface area contributed by atoms with E-state index in [9.17, 15) is 0 Å². The summed E-state index contributed by atoms with van der Waals surface area (Å²) in [5.41, 5.74) is 5.25. The molecule has 3 nitrogen and oxygen atoms in total. The quantitative estimate of drug-likeness (QED) is 0.570. The van der Waals surface area contributed by atoms with Gasteiger partial charge in [-0.25, -0.2) is 5.43 Å². The van der Waals surface area contributed by atoms with E-state index in [0.717, 1.165) is 11.3 Å². The molecule has 102 valence electrons. The molecule has 0 spiro atoms. The van der Waals surface area contributed by atoms with Crippen LogP contribution in [0.2, 0.25) is 0 Å². The predicted molar refractivity (Wildman–Crippen MR) is 84.0 cm³/mol. The van der Waals surface area contributed by atoms with Crippen LogP contribution in [-0.2, 0) is 0 Å². The van der Waals surface area contributed by atoms with Crippen molar-refractivity contribution in [3.05, 3.63) is 65.0 Å². The van der Waals surface area contributed by atoms with E-state index in [0.29, 0.717) is 0 Å². The minimum Gasteiger partial charge on any atom is -0.497 e. The second kappa shape index (κ2) is 5.63. The van der Waals surface area contributed by atoms with Gasteiger partial charge in [0.2, 0.25) is 0 Å². The van der Waals surface area contributed by atoms with Crippen LogP contribution in [0.3, 0.4) is 0 Å². The van der Waals surface area contributed by atoms with Crippen molar-refractivity contribution in [2.75, 3.05) is 7.11 Å². The molecule has 3 N–H and O–H groups in total. The van der Waals surface area contributed by atoms with Gasteiger partial charge in [-0.3, -0.25) is 5.84 Å². The summed E-state index contributed by atoms with van der Waals surface area (Å²) in [6.07, 6.45) is 0. The van der Waals surface area contributed by atoms with Crippen molar-refractivity contribution in [1.82, 2.24) is 5.43 Å². The first kappa shape index (κ1) is 13.1. The zero-order chi connectivity index (χ0) is 13.9. The van der Waals surface area contributed by atoms with Gasteiger partial charge in [0.05, 0.1) is 13.2 Å². The second-order valence-corrected chi connectivity index (χ2v) is 5.47. The van der Waals surface area contributed by atoms with Gasteiger partial charge in [0.1, 0.15) is 5.75 Å². The zero-order valence-electron chi connectivity index (χ0n) is 11.2. The number of ether oxygens (including phenoxy) is 1. The molecule has 1 unspecified atom stereocenters. The van der Waals surface area contributed by atoms with Crippen LogP contribution in [0.15, 0.2) is 53.9 Å². The first-order valence-electron chi connectivity index (χ1n) is 6.39. The van der Waals surface area contributed by atoms with Gasteiger partial charge in [0.15, 0.2) is 0 Å². The Morgan fingerprint density at radius 3 is 2.55 bits per heavy atom. The molecule has 1 aromatic heterocycles. The average Bonchev–Trinajstić information content (AvgIpc) is 2.93. The number of nitrogens with one attached hydrogen (secondary N) is 1. The van der Waals surface area contributed by atoms with Crippen LogP contribution in [0, 0.1) is 0 Å². The molecule has 0 aliphatic carbocycles. The van der Waals surface area contributed by atoms with Crippen LogP contribution in [0.1, 0.15) is 17.2 Å². The molecule has 4 heteroatoms. The Balaban J connectivity index is 2.04. The van der Waals surface area contributed by atoms with E-state index in [1.807, 2.05) is 24.3 Å². The molecular formula is C16H16N2OS. The van der Waals surface area contributed by atoms with Crippen LogP contribution in [0.5, 0.6) is 5.75 Å². The summed E-state index contributed by atoms with van der Waals surface area (Å²) in [5.74, 6) is 6.63. The molecular weight excluding hydrogens is 268 g/mol. The largest absolute Gasteiger partial charge is 0.497 e. The van der Waals surface area contributed by atoms with E-state index < -0.39 is 0 Å².